The molecule has 4 rings (SSSR count). The van der Waals surface area contributed by atoms with E-state index >= 15 is 0 Å². The van der Waals surface area contributed by atoms with Gasteiger partial charge in [0.2, 0.25) is 10.0 Å². The van der Waals surface area contributed by atoms with Crippen molar-refractivity contribution in [2.45, 2.75) is 24.8 Å². The van der Waals surface area contributed by atoms with Crippen LogP contribution in [0, 0.1) is 0 Å². The lowest BCUT2D eigenvalue weighted by Crippen LogP contribution is -2.49. The minimum Gasteiger partial charge on any atom is -0.354 e. The van der Waals surface area contributed by atoms with Crippen LogP contribution in [0.2, 0.25) is 0 Å². The fourth-order valence-corrected chi connectivity index (χ4v) is 6.76. The van der Waals surface area contributed by atoms with E-state index in [1.807, 2.05) is 30.3 Å². The summed E-state index contributed by atoms with van der Waals surface area (Å²) < 4.78 is 38.7. The minimum absolute atomic E-state index is 0.268. The smallest absolute Gasteiger partial charge is 0.243 e. The van der Waals surface area contributed by atoms with Gasteiger partial charge in [0, 0.05) is 73.2 Å². The summed E-state index contributed by atoms with van der Waals surface area (Å²) in [5, 5.41) is 0. The highest BCUT2D eigenvalue weighted by Crippen LogP contribution is 2.25. The van der Waals surface area contributed by atoms with E-state index in [2.05, 4.69) is 23.6 Å². The molecular weight excluding hydrogens is 432 g/mol. The molecule has 3 heterocycles. The van der Waals surface area contributed by atoms with E-state index < -0.39 is 20.8 Å². The Balaban J connectivity index is 1.48. The van der Waals surface area contributed by atoms with Gasteiger partial charge in [-0.25, -0.2) is 13.4 Å². The quantitative estimate of drug-likeness (QED) is 0.677. The van der Waals surface area contributed by atoms with Crippen LogP contribution in [0.15, 0.2) is 47.4 Å². The van der Waals surface area contributed by atoms with E-state index in [1.165, 1.54) is 4.31 Å². The maximum absolute atomic E-state index is 12.9. The van der Waals surface area contributed by atoms with Crippen LogP contribution in [0.1, 0.15) is 13.8 Å². The number of piperazine rings is 1. The molecule has 0 spiro atoms. The first-order chi connectivity index (χ1) is 14.8. The lowest BCUT2D eigenvalue weighted by Gasteiger charge is -2.37. The summed E-state index contributed by atoms with van der Waals surface area (Å²) in [7, 11) is -4.47. The minimum atomic E-state index is -3.56. The van der Waals surface area contributed by atoms with Crippen LogP contribution in [0.25, 0.3) is 11.3 Å². The molecule has 0 unspecified atom stereocenters. The lowest BCUT2D eigenvalue weighted by atomic mass is 10.1. The van der Waals surface area contributed by atoms with Gasteiger partial charge in [-0.3, -0.25) is 9.11 Å². The molecule has 2 aliphatic heterocycles. The molecule has 2 fully saturated rings. The Morgan fingerprint density at radius 1 is 0.903 bits per heavy atom. The highest BCUT2D eigenvalue weighted by molar-refractivity contribution is 7.89. The lowest BCUT2D eigenvalue weighted by molar-refractivity contribution is 0.209. The molecule has 9 heteroatoms. The van der Waals surface area contributed by atoms with Gasteiger partial charge >= 0.3 is 0 Å². The van der Waals surface area contributed by atoms with Crippen LogP contribution in [0.3, 0.4) is 0 Å². The standard InChI is InChI=1S/C22H30N4O3S2/c1-18(2)24-10-12-25(13-11-24)22-5-3-4-21(23-22)19-6-8-20(9-7-19)31(28,29)26-14-16-30(27)17-15-26/h3-9,18H,10-17H2,1-2H3. The molecule has 2 saturated heterocycles. The zero-order valence-electron chi connectivity index (χ0n) is 18.1. The third kappa shape index (κ3) is 5.00. The summed E-state index contributed by atoms with van der Waals surface area (Å²) >= 11 is 0. The number of pyridine rings is 1. The molecular formula is C22H30N4O3S2. The molecule has 0 N–H and O–H groups in total. The topological polar surface area (TPSA) is 73.8 Å². The van der Waals surface area contributed by atoms with Crippen molar-refractivity contribution < 1.29 is 12.6 Å². The van der Waals surface area contributed by atoms with Gasteiger partial charge in [-0.05, 0) is 38.1 Å². The normalized spacial score (nSPS) is 19.8. The van der Waals surface area contributed by atoms with Gasteiger partial charge < -0.3 is 4.90 Å². The SMILES string of the molecule is CC(C)N1CCN(c2cccc(-c3ccc(S(=O)(=O)N4CCS(=O)CC4)cc3)n2)CC1. The van der Waals surface area contributed by atoms with Gasteiger partial charge in [0.15, 0.2) is 0 Å². The largest absolute Gasteiger partial charge is 0.354 e. The van der Waals surface area contributed by atoms with Gasteiger partial charge in [0.25, 0.3) is 0 Å². The number of nitrogens with zero attached hydrogens (tertiary/aromatic N) is 4. The molecule has 0 saturated carbocycles. The zero-order chi connectivity index (χ0) is 22.0. The molecule has 0 bridgehead atoms. The monoisotopic (exact) mass is 462 g/mol. The number of aromatic nitrogens is 1. The van der Waals surface area contributed by atoms with Crippen LogP contribution in [0.4, 0.5) is 5.82 Å². The molecule has 31 heavy (non-hydrogen) atoms. The van der Waals surface area contributed by atoms with E-state index in [9.17, 15) is 12.6 Å². The van der Waals surface area contributed by atoms with Gasteiger partial charge in [0.1, 0.15) is 5.82 Å². The third-order valence-corrected chi connectivity index (χ3v) is 9.22. The van der Waals surface area contributed by atoms with E-state index in [-0.39, 0.29) is 4.90 Å². The Hall–Kier alpha value is -1.81. The van der Waals surface area contributed by atoms with E-state index in [4.69, 9.17) is 4.98 Å². The van der Waals surface area contributed by atoms with Crippen LogP contribution >= 0.6 is 0 Å². The summed E-state index contributed by atoms with van der Waals surface area (Å²) in [4.78, 5) is 9.89. The highest BCUT2D eigenvalue weighted by atomic mass is 32.2. The summed E-state index contributed by atoms with van der Waals surface area (Å²) in [5.74, 6) is 1.76. The number of rotatable bonds is 5. The van der Waals surface area contributed by atoms with E-state index in [0.717, 1.165) is 43.3 Å². The molecule has 0 radical (unpaired) electrons. The van der Waals surface area contributed by atoms with Gasteiger partial charge in [-0.1, -0.05) is 18.2 Å². The second-order valence-corrected chi connectivity index (χ2v) is 11.9. The maximum Gasteiger partial charge on any atom is 0.243 e. The number of anilines is 1. The van der Waals surface area contributed by atoms with Crippen molar-refractivity contribution >= 4 is 26.6 Å². The highest BCUT2D eigenvalue weighted by Gasteiger charge is 2.28. The van der Waals surface area contributed by atoms with Gasteiger partial charge in [-0.2, -0.15) is 4.31 Å². The van der Waals surface area contributed by atoms with Gasteiger partial charge in [0.05, 0.1) is 10.6 Å². The summed E-state index contributed by atoms with van der Waals surface area (Å²) in [6.07, 6.45) is 0. The Labute approximate surface area is 187 Å². The summed E-state index contributed by atoms with van der Waals surface area (Å²) in [6.45, 7) is 9.03. The predicted molar refractivity (Wildman–Crippen MR) is 125 cm³/mol. The van der Waals surface area contributed by atoms with Crippen LogP contribution in [-0.4, -0.2) is 83.6 Å². The van der Waals surface area contributed by atoms with E-state index in [0.29, 0.717) is 30.6 Å². The Morgan fingerprint density at radius 2 is 1.55 bits per heavy atom. The van der Waals surface area contributed by atoms with Gasteiger partial charge in [-0.15, -0.1) is 0 Å². The molecule has 0 aliphatic carbocycles. The fraction of sp³-hybridized carbons (Fsp3) is 0.500. The average molecular weight is 463 g/mol. The first kappa shape index (κ1) is 22.4. The van der Waals surface area contributed by atoms with E-state index in [1.54, 1.807) is 12.1 Å². The van der Waals surface area contributed by atoms with Crippen molar-refractivity contribution in [1.29, 1.82) is 0 Å². The first-order valence-electron chi connectivity index (χ1n) is 10.8. The molecule has 2 aromatic rings. The third-order valence-electron chi connectivity index (χ3n) is 6.03. The Kier molecular flexibility index (Phi) is 6.76. The predicted octanol–water partition coefficient (Wildman–Crippen LogP) is 2.03. The van der Waals surface area contributed by atoms with Crippen molar-refractivity contribution in [3.8, 4) is 11.3 Å². The second kappa shape index (κ2) is 9.36. The number of hydrogen-bond acceptors (Lipinski definition) is 6. The summed E-state index contributed by atoms with van der Waals surface area (Å²) in [6, 6.07) is 13.5. The maximum atomic E-state index is 12.9. The molecule has 0 amide bonds. The molecule has 7 nitrogen and oxygen atoms in total. The number of hydrogen-bond donors (Lipinski definition) is 0. The Bertz CT molecular complexity index is 1020. The molecule has 1 aromatic carbocycles. The van der Waals surface area contributed by atoms with Crippen LogP contribution in [0.5, 0.6) is 0 Å². The summed E-state index contributed by atoms with van der Waals surface area (Å²) in [5.41, 5.74) is 1.72. The first-order valence-corrected chi connectivity index (χ1v) is 13.7. The zero-order valence-corrected chi connectivity index (χ0v) is 19.7. The fourth-order valence-electron chi connectivity index (χ4n) is 4.04. The van der Waals surface area contributed by atoms with Crippen molar-refractivity contribution in [2.24, 2.45) is 0 Å². The molecule has 2 aliphatic rings. The van der Waals surface area contributed by atoms with Crippen molar-refractivity contribution in [2.75, 3.05) is 55.7 Å². The number of benzene rings is 1. The Morgan fingerprint density at radius 3 is 2.16 bits per heavy atom. The molecule has 1 aromatic heterocycles. The molecule has 0 atom stereocenters. The second-order valence-electron chi connectivity index (χ2n) is 8.27. The molecule has 168 valence electrons. The van der Waals surface area contributed by atoms with Crippen molar-refractivity contribution in [3.63, 3.8) is 0 Å². The van der Waals surface area contributed by atoms with Crippen molar-refractivity contribution in [1.82, 2.24) is 14.2 Å². The average Bonchev–Trinajstić information content (AvgIpc) is 2.79. The van der Waals surface area contributed by atoms with Crippen LogP contribution < -0.4 is 4.90 Å². The number of sulfonamides is 1. The van der Waals surface area contributed by atoms with Crippen LogP contribution in [-0.2, 0) is 20.8 Å². The van der Waals surface area contributed by atoms with Crippen molar-refractivity contribution in [3.05, 3.63) is 42.5 Å².